The highest BCUT2D eigenvalue weighted by atomic mass is 16.5. The first-order chi connectivity index (χ1) is 19.6. The number of nitrogens with zero attached hydrogens (tertiary/aromatic N) is 1. The van der Waals surface area contributed by atoms with Gasteiger partial charge in [0.25, 0.3) is 0 Å². The van der Waals surface area contributed by atoms with E-state index in [4.69, 9.17) is 11.3 Å². The van der Waals surface area contributed by atoms with Crippen LogP contribution in [0.3, 0.4) is 0 Å². The highest BCUT2D eigenvalue weighted by Crippen LogP contribution is 2.40. The van der Waals surface area contributed by atoms with Gasteiger partial charge in [0, 0.05) is 5.57 Å². The summed E-state index contributed by atoms with van der Waals surface area (Å²) in [4.78, 5) is 17.2. The average molecular weight is 514 g/mol. The monoisotopic (exact) mass is 513 g/mol. The lowest BCUT2D eigenvalue weighted by atomic mass is 9.91. The van der Waals surface area contributed by atoms with Gasteiger partial charge in [-0.25, -0.2) is 9.64 Å². The third kappa shape index (κ3) is 3.78. The van der Waals surface area contributed by atoms with Crippen LogP contribution >= 0.6 is 0 Å². The maximum absolute atomic E-state index is 13.5. The molecule has 0 N–H and O–H groups in total. The molecule has 1 heterocycles. The second kappa shape index (κ2) is 9.38. The van der Waals surface area contributed by atoms with Crippen LogP contribution in [0.5, 0.6) is 0 Å². The average Bonchev–Trinajstić information content (AvgIpc) is 3.30. The summed E-state index contributed by atoms with van der Waals surface area (Å²) in [6.45, 7) is 9.40. The Morgan fingerprint density at radius 3 is 1.40 bits per heavy atom. The molecular formula is C37H23NO2. The summed E-state index contributed by atoms with van der Waals surface area (Å²) in [6, 6.07) is 37.3. The van der Waals surface area contributed by atoms with Gasteiger partial charge in [-0.1, -0.05) is 97.1 Å². The topological polar surface area (TPSA) is 30.7 Å². The fourth-order valence-electron chi connectivity index (χ4n) is 5.73. The maximum atomic E-state index is 13.5. The Balaban J connectivity index is 1.58. The smallest absolute Gasteiger partial charge is 0.342 e. The lowest BCUT2D eigenvalue weighted by Gasteiger charge is -2.11. The van der Waals surface area contributed by atoms with Crippen LogP contribution in [0.1, 0.15) is 18.1 Å². The first kappa shape index (κ1) is 23.6. The fourth-order valence-corrected chi connectivity index (χ4v) is 5.73. The van der Waals surface area contributed by atoms with E-state index in [2.05, 4.69) is 65.5 Å². The number of carbonyl (C=O) groups is 1. The summed E-state index contributed by atoms with van der Waals surface area (Å²) in [6.07, 6.45) is 3.97. The number of benzene rings is 6. The number of rotatable bonds is 2. The number of cyclic esters (lactones) is 1. The van der Waals surface area contributed by atoms with E-state index in [1.807, 2.05) is 60.7 Å². The van der Waals surface area contributed by atoms with Gasteiger partial charge in [-0.05, 0) is 85.4 Å². The van der Waals surface area contributed by atoms with E-state index in [1.165, 1.54) is 0 Å². The standard InChI is InChI=1S/C37H23NO2/c1-23(38-2)36-34(21-32-28-15-7-3-11-24(28)19-25-12-4-8-16-29(25)32)35(37(39)40-36)22-33-30-17-9-5-13-26(30)20-27-14-6-10-18-31(27)33/h3-22H,1H3/b34-21+,35-22-,36-23+. The molecule has 0 aromatic heterocycles. The summed E-state index contributed by atoms with van der Waals surface area (Å²) in [5.41, 5.74) is 3.35. The molecule has 40 heavy (non-hydrogen) atoms. The quantitative estimate of drug-likeness (QED) is 0.0999. The molecular weight excluding hydrogens is 490 g/mol. The van der Waals surface area contributed by atoms with Gasteiger partial charge in [0.15, 0.2) is 0 Å². The number of carbonyl (C=O) groups excluding carboxylic acids is 1. The van der Waals surface area contributed by atoms with Crippen LogP contribution in [0.2, 0.25) is 0 Å². The predicted octanol–water partition coefficient (Wildman–Crippen LogP) is 9.47. The van der Waals surface area contributed by atoms with Crippen molar-refractivity contribution >= 4 is 61.2 Å². The van der Waals surface area contributed by atoms with Crippen LogP contribution in [-0.4, -0.2) is 5.97 Å². The second-order valence-electron chi connectivity index (χ2n) is 10.00. The summed E-state index contributed by atoms with van der Waals surface area (Å²) in [5.74, 6) is -0.140. The zero-order chi connectivity index (χ0) is 27.2. The predicted molar refractivity (Wildman–Crippen MR) is 164 cm³/mol. The highest BCUT2D eigenvalue weighted by molar-refractivity contribution is 6.14. The largest absolute Gasteiger partial charge is 0.434 e. The lowest BCUT2D eigenvalue weighted by Crippen LogP contribution is -1.96. The zero-order valence-corrected chi connectivity index (χ0v) is 21.8. The van der Waals surface area contributed by atoms with Crippen molar-refractivity contribution in [2.24, 2.45) is 0 Å². The molecule has 1 fully saturated rings. The first-order valence-electron chi connectivity index (χ1n) is 13.2. The molecule has 0 unspecified atom stereocenters. The van der Waals surface area contributed by atoms with E-state index in [0.29, 0.717) is 22.6 Å². The molecule has 0 saturated carbocycles. The Morgan fingerprint density at radius 1 is 0.625 bits per heavy atom. The first-order valence-corrected chi connectivity index (χ1v) is 13.2. The Bertz CT molecular complexity index is 2060. The van der Waals surface area contributed by atoms with Gasteiger partial charge < -0.3 is 4.74 Å². The molecule has 0 bridgehead atoms. The second-order valence-corrected chi connectivity index (χ2v) is 10.00. The van der Waals surface area contributed by atoms with Crippen LogP contribution in [0, 0.1) is 6.57 Å². The van der Waals surface area contributed by atoms with E-state index in [1.54, 1.807) is 6.92 Å². The number of ether oxygens (including phenoxy) is 1. The number of hydrogen-bond acceptors (Lipinski definition) is 2. The Kier molecular flexibility index (Phi) is 5.54. The van der Waals surface area contributed by atoms with Crippen molar-refractivity contribution < 1.29 is 9.53 Å². The summed E-state index contributed by atoms with van der Waals surface area (Å²) in [5, 5.41) is 8.65. The van der Waals surface area contributed by atoms with Gasteiger partial charge in [0.1, 0.15) is 5.76 Å². The SMILES string of the molecule is [C-]#[N+]/C(C)=C1/OC(=O)C(=C\c2c3ccccc3cc3ccccc23)/C1=C\c1c2ccccc2cc2ccccc12. The molecule has 6 aromatic rings. The molecule has 3 heteroatoms. The number of hydrogen-bond donors (Lipinski definition) is 0. The molecule has 0 atom stereocenters. The maximum Gasteiger partial charge on any atom is 0.342 e. The molecule has 3 nitrogen and oxygen atoms in total. The molecule has 1 saturated heterocycles. The molecule has 0 spiro atoms. The van der Waals surface area contributed by atoms with Crippen molar-refractivity contribution in [3.63, 3.8) is 0 Å². The van der Waals surface area contributed by atoms with Gasteiger partial charge in [-0.15, -0.1) is 0 Å². The van der Waals surface area contributed by atoms with Crippen LogP contribution in [0.25, 0.3) is 60.1 Å². The Hall–Kier alpha value is -5.46. The van der Waals surface area contributed by atoms with Crippen LogP contribution in [0.4, 0.5) is 0 Å². The number of allylic oxidation sites excluding steroid dienone is 2. The molecule has 1 aliphatic heterocycles. The van der Waals surface area contributed by atoms with E-state index in [9.17, 15) is 4.79 Å². The number of fused-ring (bicyclic) bond motifs is 4. The van der Waals surface area contributed by atoms with Crippen LogP contribution in [0.15, 0.2) is 132 Å². The third-order valence-electron chi connectivity index (χ3n) is 7.65. The van der Waals surface area contributed by atoms with Gasteiger partial charge >= 0.3 is 5.97 Å². The Labute approximate surface area is 231 Å². The van der Waals surface area contributed by atoms with Crippen molar-refractivity contribution in [1.29, 1.82) is 0 Å². The molecule has 7 rings (SSSR count). The van der Waals surface area contributed by atoms with Crippen molar-refractivity contribution in [3.05, 3.63) is 154 Å². The summed E-state index contributed by atoms with van der Waals surface area (Å²) < 4.78 is 5.82. The van der Waals surface area contributed by atoms with E-state index in [-0.39, 0.29) is 0 Å². The minimum Gasteiger partial charge on any atom is -0.434 e. The third-order valence-corrected chi connectivity index (χ3v) is 7.65. The van der Waals surface area contributed by atoms with Crippen molar-refractivity contribution in [1.82, 2.24) is 0 Å². The highest BCUT2D eigenvalue weighted by Gasteiger charge is 2.32. The van der Waals surface area contributed by atoms with E-state index >= 15 is 0 Å². The fraction of sp³-hybridized carbons (Fsp3) is 0.0270. The Morgan fingerprint density at radius 2 is 1.00 bits per heavy atom. The van der Waals surface area contributed by atoms with Crippen molar-refractivity contribution in [2.75, 3.05) is 0 Å². The number of esters is 1. The minimum absolute atomic E-state index is 0.313. The van der Waals surface area contributed by atoms with Crippen molar-refractivity contribution in [3.8, 4) is 0 Å². The normalized spacial score (nSPS) is 16.8. The summed E-state index contributed by atoms with van der Waals surface area (Å²) >= 11 is 0. The van der Waals surface area contributed by atoms with Crippen LogP contribution in [-0.2, 0) is 9.53 Å². The van der Waals surface area contributed by atoms with Crippen LogP contribution < -0.4 is 0 Å². The molecule has 0 amide bonds. The van der Waals surface area contributed by atoms with Gasteiger partial charge in [-0.2, -0.15) is 0 Å². The molecule has 0 radical (unpaired) electrons. The molecule has 6 aromatic carbocycles. The van der Waals surface area contributed by atoms with Crippen molar-refractivity contribution in [2.45, 2.75) is 6.92 Å². The molecule has 1 aliphatic rings. The van der Waals surface area contributed by atoms with Gasteiger partial charge in [-0.3, -0.25) is 0 Å². The van der Waals surface area contributed by atoms with Gasteiger partial charge in [0.05, 0.1) is 12.1 Å². The van der Waals surface area contributed by atoms with E-state index < -0.39 is 5.97 Å². The van der Waals surface area contributed by atoms with E-state index in [0.717, 1.165) is 54.2 Å². The molecule has 0 aliphatic carbocycles. The minimum atomic E-state index is -0.453. The van der Waals surface area contributed by atoms with Gasteiger partial charge in [0.2, 0.25) is 5.70 Å². The molecule has 188 valence electrons. The zero-order valence-electron chi connectivity index (χ0n) is 21.8. The lowest BCUT2D eigenvalue weighted by molar-refractivity contribution is -0.132. The summed E-state index contributed by atoms with van der Waals surface area (Å²) in [7, 11) is 0.